The van der Waals surface area contributed by atoms with Gasteiger partial charge < -0.3 is 5.32 Å². The van der Waals surface area contributed by atoms with E-state index in [1.807, 2.05) is 0 Å². The zero-order valence-electron chi connectivity index (χ0n) is 9.89. The lowest BCUT2D eigenvalue weighted by atomic mass is 9.82. The van der Waals surface area contributed by atoms with Crippen molar-refractivity contribution in [3.63, 3.8) is 0 Å². The van der Waals surface area contributed by atoms with Gasteiger partial charge in [0.2, 0.25) is 0 Å². The maximum absolute atomic E-state index is 3.99. The predicted octanol–water partition coefficient (Wildman–Crippen LogP) is 3.55. The molecule has 1 atom stereocenters. The highest BCUT2D eigenvalue weighted by molar-refractivity contribution is 4.80. The van der Waals surface area contributed by atoms with E-state index in [0.717, 1.165) is 18.4 Å². The van der Waals surface area contributed by atoms with Crippen LogP contribution in [0.5, 0.6) is 0 Å². The molecule has 1 unspecified atom stereocenters. The minimum atomic E-state index is 0.619. The van der Waals surface area contributed by atoms with Crippen LogP contribution in [-0.4, -0.2) is 12.1 Å². The fourth-order valence-corrected chi connectivity index (χ4v) is 2.64. The van der Waals surface area contributed by atoms with E-state index < -0.39 is 0 Å². The molecule has 1 nitrogen and oxygen atoms in total. The molecule has 83 valence electrons. The lowest BCUT2D eigenvalue weighted by Gasteiger charge is -2.32. The summed E-state index contributed by atoms with van der Waals surface area (Å²) in [5, 5.41) is 3.71. The topological polar surface area (TPSA) is 12.0 Å². The Hall–Kier alpha value is -0.0400. The van der Waals surface area contributed by atoms with E-state index in [-0.39, 0.29) is 0 Å². The second-order valence-electron chi connectivity index (χ2n) is 4.97. The van der Waals surface area contributed by atoms with Crippen LogP contribution in [-0.2, 0) is 0 Å². The average Bonchev–Trinajstić information content (AvgIpc) is 2.18. The molecule has 1 aliphatic carbocycles. The maximum atomic E-state index is 3.99. The van der Waals surface area contributed by atoms with E-state index in [1.54, 1.807) is 0 Å². The minimum Gasteiger partial charge on any atom is -0.312 e. The van der Waals surface area contributed by atoms with E-state index >= 15 is 0 Å². The Morgan fingerprint density at radius 1 is 1.21 bits per heavy atom. The summed E-state index contributed by atoms with van der Waals surface area (Å²) in [5.74, 6) is 0.924. The van der Waals surface area contributed by atoms with Gasteiger partial charge in [-0.25, -0.2) is 0 Å². The van der Waals surface area contributed by atoms with Crippen molar-refractivity contribution in [1.29, 1.82) is 0 Å². The van der Waals surface area contributed by atoms with Crippen molar-refractivity contribution in [3.05, 3.63) is 6.92 Å². The SMILES string of the molecule is [CH2]CCC(NC(C)C)C1CCCCC1. The van der Waals surface area contributed by atoms with Gasteiger partial charge in [0.25, 0.3) is 0 Å². The van der Waals surface area contributed by atoms with Gasteiger partial charge in [0.1, 0.15) is 0 Å². The third-order valence-electron chi connectivity index (χ3n) is 3.28. The molecule has 1 fully saturated rings. The highest BCUT2D eigenvalue weighted by Gasteiger charge is 2.22. The van der Waals surface area contributed by atoms with Crippen LogP contribution in [0.1, 0.15) is 58.8 Å². The van der Waals surface area contributed by atoms with Crippen LogP contribution in [0.25, 0.3) is 0 Å². The van der Waals surface area contributed by atoms with Crippen LogP contribution < -0.4 is 5.32 Å². The van der Waals surface area contributed by atoms with Gasteiger partial charge in [-0.3, -0.25) is 0 Å². The van der Waals surface area contributed by atoms with Gasteiger partial charge in [-0.2, -0.15) is 0 Å². The lowest BCUT2D eigenvalue weighted by molar-refractivity contribution is 0.248. The summed E-state index contributed by atoms with van der Waals surface area (Å²) in [5.41, 5.74) is 0. The Morgan fingerprint density at radius 3 is 2.36 bits per heavy atom. The minimum absolute atomic E-state index is 0.619. The van der Waals surface area contributed by atoms with Crippen molar-refractivity contribution >= 4 is 0 Å². The van der Waals surface area contributed by atoms with Gasteiger partial charge in [0.05, 0.1) is 0 Å². The molecule has 0 aliphatic heterocycles. The monoisotopic (exact) mass is 196 g/mol. The Bertz CT molecular complexity index is 136. The smallest absolute Gasteiger partial charge is 0.00976 e. The fraction of sp³-hybridized carbons (Fsp3) is 0.923. The molecular weight excluding hydrogens is 170 g/mol. The lowest BCUT2D eigenvalue weighted by Crippen LogP contribution is -2.41. The van der Waals surface area contributed by atoms with Crippen LogP contribution >= 0.6 is 0 Å². The summed E-state index contributed by atoms with van der Waals surface area (Å²) in [4.78, 5) is 0. The van der Waals surface area contributed by atoms with Crippen molar-refractivity contribution in [2.45, 2.75) is 70.9 Å². The Labute approximate surface area is 89.7 Å². The van der Waals surface area contributed by atoms with E-state index in [2.05, 4.69) is 26.1 Å². The van der Waals surface area contributed by atoms with Crippen LogP contribution in [0.15, 0.2) is 0 Å². The zero-order chi connectivity index (χ0) is 10.4. The number of hydrogen-bond acceptors (Lipinski definition) is 1. The van der Waals surface area contributed by atoms with E-state index in [1.165, 1.54) is 38.5 Å². The quantitative estimate of drug-likeness (QED) is 0.709. The van der Waals surface area contributed by atoms with E-state index in [4.69, 9.17) is 0 Å². The third kappa shape index (κ3) is 4.00. The number of rotatable bonds is 5. The Kier molecular flexibility index (Phi) is 5.54. The summed E-state index contributed by atoms with van der Waals surface area (Å²) in [7, 11) is 0. The van der Waals surface area contributed by atoms with Crippen molar-refractivity contribution < 1.29 is 0 Å². The Morgan fingerprint density at radius 2 is 1.86 bits per heavy atom. The summed E-state index contributed by atoms with van der Waals surface area (Å²) in [6.45, 7) is 8.49. The van der Waals surface area contributed by atoms with E-state index in [9.17, 15) is 0 Å². The van der Waals surface area contributed by atoms with Gasteiger partial charge in [-0.1, -0.05) is 46.5 Å². The normalized spacial score (nSPS) is 21.4. The van der Waals surface area contributed by atoms with Crippen LogP contribution in [0.2, 0.25) is 0 Å². The fourth-order valence-electron chi connectivity index (χ4n) is 2.64. The van der Waals surface area contributed by atoms with Crippen molar-refractivity contribution in [1.82, 2.24) is 5.32 Å². The van der Waals surface area contributed by atoms with Crippen molar-refractivity contribution in [2.75, 3.05) is 0 Å². The van der Waals surface area contributed by atoms with Gasteiger partial charge in [-0.05, 0) is 25.2 Å². The summed E-state index contributed by atoms with van der Waals surface area (Å²) >= 11 is 0. The van der Waals surface area contributed by atoms with Crippen molar-refractivity contribution in [2.24, 2.45) is 5.92 Å². The first-order valence-corrected chi connectivity index (χ1v) is 6.29. The van der Waals surface area contributed by atoms with Gasteiger partial charge in [-0.15, -0.1) is 0 Å². The third-order valence-corrected chi connectivity index (χ3v) is 3.28. The van der Waals surface area contributed by atoms with Gasteiger partial charge in [0, 0.05) is 12.1 Å². The first kappa shape index (κ1) is 12.0. The molecule has 0 saturated heterocycles. The highest BCUT2D eigenvalue weighted by atomic mass is 14.9. The van der Waals surface area contributed by atoms with E-state index in [0.29, 0.717) is 6.04 Å². The van der Waals surface area contributed by atoms with Crippen LogP contribution in [0.3, 0.4) is 0 Å². The molecular formula is C13H26N. The summed E-state index contributed by atoms with van der Waals surface area (Å²) in [6.07, 6.45) is 9.53. The largest absolute Gasteiger partial charge is 0.312 e. The Balaban J connectivity index is 2.38. The first-order chi connectivity index (χ1) is 6.74. The molecule has 14 heavy (non-hydrogen) atoms. The standard InChI is InChI=1S/C13H26N/c1-4-8-13(14-11(2)3)12-9-6-5-7-10-12/h11-14H,1,4-10H2,2-3H3. The summed E-state index contributed by atoms with van der Waals surface area (Å²) in [6, 6.07) is 1.35. The molecule has 0 heterocycles. The van der Waals surface area contributed by atoms with Crippen molar-refractivity contribution in [3.8, 4) is 0 Å². The molecule has 0 amide bonds. The molecule has 1 radical (unpaired) electrons. The molecule has 0 aromatic carbocycles. The molecule has 0 aromatic rings. The van der Waals surface area contributed by atoms with Gasteiger partial charge >= 0.3 is 0 Å². The van der Waals surface area contributed by atoms with Gasteiger partial charge in [0.15, 0.2) is 0 Å². The predicted molar refractivity (Wildman–Crippen MR) is 63.2 cm³/mol. The molecule has 1 rings (SSSR count). The maximum Gasteiger partial charge on any atom is 0.00976 e. The molecule has 0 spiro atoms. The second-order valence-corrected chi connectivity index (χ2v) is 4.97. The molecule has 1 heteroatoms. The molecule has 0 bridgehead atoms. The highest BCUT2D eigenvalue weighted by Crippen LogP contribution is 2.28. The number of nitrogens with one attached hydrogen (secondary N) is 1. The zero-order valence-corrected chi connectivity index (χ0v) is 9.89. The average molecular weight is 196 g/mol. The summed E-state index contributed by atoms with van der Waals surface area (Å²) < 4.78 is 0. The molecule has 1 aliphatic rings. The van der Waals surface area contributed by atoms with Crippen LogP contribution in [0.4, 0.5) is 0 Å². The second kappa shape index (κ2) is 6.44. The molecule has 0 aromatic heterocycles. The molecule has 1 N–H and O–H groups in total. The number of hydrogen-bond donors (Lipinski definition) is 1. The molecule has 1 saturated carbocycles. The first-order valence-electron chi connectivity index (χ1n) is 6.29. The van der Waals surface area contributed by atoms with Crippen LogP contribution in [0, 0.1) is 12.8 Å².